The number of Topliss-reactive ketones (excluding diaryl/α,β-unsaturated/α-hetero) is 1. The summed E-state index contributed by atoms with van der Waals surface area (Å²) in [5.74, 6) is -0.810. The fourth-order valence-corrected chi connectivity index (χ4v) is 2.47. The Morgan fingerprint density at radius 1 is 1.39 bits per heavy atom. The lowest BCUT2D eigenvalue weighted by Crippen LogP contribution is -2.36. The topological polar surface area (TPSA) is 69.7 Å². The predicted octanol–water partition coefficient (Wildman–Crippen LogP) is 1.63. The van der Waals surface area contributed by atoms with Gasteiger partial charge in [-0.05, 0) is 32.6 Å². The molecule has 0 aromatic rings. The summed E-state index contributed by atoms with van der Waals surface area (Å²) in [4.78, 5) is 34.9. The zero-order chi connectivity index (χ0) is 13.6. The van der Waals surface area contributed by atoms with Crippen LogP contribution in [0, 0.1) is 5.41 Å². The van der Waals surface area contributed by atoms with Crippen molar-refractivity contribution in [1.29, 1.82) is 0 Å². The van der Waals surface area contributed by atoms with Crippen molar-refractivity contribution in [3.8, 4) is 0 Å². The van der Waals surface area contributed by atoms with E-state index in [4.69, 9.17) is 9.47 Å². The maximum Gasteiger partial charge on any atom is 0.319 e. The summed E-state index contributed by atoms with van der Waals surface area (Å²) >= 11 is 0. The lowest BCUT2D eigenvalue weighted by Gasteiger charge is -2.23. The first-order valence-electron chi connectivity index (χ1n) is 6.34. The van der Waals surface area contributed by atoms with Gasteiger partial charge in [0, 0.05) is 12.8 Å². The van der Waals surface area contributed by atoms with Gasteiger partial charge in [-0.15, -0.1) is 0 Å². The molecule has 0 aromatic carbocycles. The third kappa shape index (κ3) is 3.09. The van der Waals surface area contributed by atoms with Gasteiger partial charge in [0.2, 0.25) is 0 Å². The van der Waals surface area contributed by atoms with Crippen molar-refractivity contribution in [2.24, 2.45) is 5.41 Å². The van der Waals surface area contributed by atoms with Crippen LogP contribution in [-0.2, 0) is 23.9 Å². The molecule has 5 heteroatoms. The van der Waals surface area contributed by atoms with Crippen LogP contribution in [0.5, 0.6) is 0 Å². The Morgan fingerprint density at radius 2 is 2.11 bits per heavy atom. The van der Waals surface area contributed by atoms with Gasteiger partial charge in [-0.2, -0.15) is 0 Å². The Labute approximate surface area is 107 Å². The minimum atomic E-state index is -1.01. The van der Waals surface area contributed by atoms with Crippen molar-refractivity contribution in [3.63, 3.8) is 0 Å². The molecule has 0 N–H and O–H groups in total. The van der Waals surface area contributed by atoms with Crippen LogP contribution < -0.4 is 0 Å². The monoisotopic (exact) mass is 256 g/mol. The van der Waals surface area contributed by atoms with E-state index < -0.39 is 11.4 Å². The molecule has 0 radical (unpaired) electrons. The van der Waals surface area contributed by atoms with Gasteiger partial charge < -0.3 is 9.47 Å². The number of rotatable bonds is 6. The number of ether oxygens (including phenoxy) is 2. The number of carbonyl (C=O) groups is 3. The fourth-order valence-electron chi connectivity index (χ4n) is 2.47. The molecule has 102 valence electrons. The van der Waals surface area contributed by atoms with Crippen molar-refractivity contribution in [2.45, 2.75) is 45.4 Å². The predicted molar refractivity (Wildman–Crippen MR) is 63.8 cm³/mol. The summed E-state index contributed by atoms with van der Waals surface area (Å²) in [5, 5.41) is 0. The van der Waals surface area contributed by atoms with Gasteiger partial charge in [0.05, 0.1) is 13.7 Å². The van der Waals surface area contributed by atoms with Crippen LogP contribution in [0.1, 0.15) is 45.4 Å². The smallest absolute Gasteiger partial charge is 0.319 e. The van der Waals surface area contributed by atoms with Crippen molar-refractivity contribution in [2.75, 3.05) is 13.7 Å². The Hall–Kier alpha value is -1.39. The van der Waals surface area contributed by atoms with Crippen molar-refractivity contribution < 1.29 is 23.9 Å². The number of ketones is 1. The maximum atomic E-state index is 11.9. The molecule has 0 aliphatic heterocycles. The molecule has 1 aliphatic carbocycles. The van der Waals surface area contributed by atoms with Crippen LogP contribution in [0.15, 0.2) is 0 Å². The van der Waals surface area contributed by atoms with Gasteiger partial charge in [-0.3, -0.25) is 14.4 Å². The molecule has 1 atom stereocenters. The Morgan fingerprint density at radius 3 is 2.61 bits per heavy atom. The lowest BCUT2D eigenvalue weighted by molar-refractivity contribution is -0.157. The van der Waals surface area contributed by atoms with Crippen molar-refractivity contribution in [1.82, 2.24) is 0 Å². The lowest BCUT2D eigenvalue weighted by atomic mass is 9.80. The first-order chi connectivity index (χ1) is 8.56. The summed E-state index contributed by atoms with van der Waals surface area (Å²) in [5.41, 5.74) is -1.01. The fraction of sp³-hybridized carbons (Fsp3) is 0.769. The highest BCUT2D eigenvalue weighted by molar-refractivity contribution is 6.05. The van der Waals surface area contributed by atoms with Crippen LogP contribution in [-0.4, -0.2) is 31.4 Å². The Balaban J connectivity index is 2.56. The number of carbonyl (C=O) groups excluding carboxylic acids is 3. The van der Waals surface area contributed by atoms with Crippen LogP contribution in [0.25, 0.3) is 0 Å². The van der Waals surface area contributed by atoms with E-state index in [-0.39, 0.29) is 18.2 Å². The number of methoxy groups -OCH3 is 1. The molecule has 1 rings (SSSR count). The van der Waals surface area contributed by atoms with Gasteiger partial charge in [0.15, 0.2) is 0 Å². The highest BCUT2D eigenvalue weighted by Gasteiger charge is 2.48. The number of hydrogen-bond donors (Lipinski definition) is 0. The normalized spacial score (nSPS) is 22.9. The van der Waals surface area contributed by atoms with E-state index in [0.29, 0.717) is 38.7 Å². The van der Waals surface area contributed by atoms with Crippen LogP contribution >= 0.6 is 0 Å². The van der Waals surface area contributed by atoms with Crippen molar-refractivity contribution in [3.05, 3.63) is 0 Å². The highest BCUT2D eigenvalue weighted by Crippen LogP contribution is 2.40. The molecule has 0 spiro atoms. The molecule has 0 bridgehead atoms. The van der Waals surface area contributed by atoms with Crippen LogP contribution in [0.4, 0.5) is 0 Å². The molecule has 0 unspecified atom stereocenters. The summed E-state index contributed by atoms with van der Waals surface area (Å²) in [6, 6.07) is 0. The molecule has 1 fully saturated rings. The molecule has 18 heavy (non-hydrogen) atoms. The van der Waals surface area contributed by atoms with Crippen LogP contribution in [0.3, 0.4) is 0 Å². The number of esters is 2. The third-order valence-electron chi connectivity index (χ3n) is 3.41. The Bertz CT molecular complexity index is 336. The highest BCUT2D eigenvalue weighted by atomic mass is 16.5. The van der Waals surface area contributed by atoms with E-state index in [1.54, 1.807) is 6.92 Å². The van der Waals surface area contributed by atoms with E-state index in [1.165, 1.54) is 7.11 Å². The summed E-state index contributed by atoms with van der Waals surface area (Å²) in [6.45, 7) is 2.09. The van der Waals surface area contributed by atoms with Gasteiger partial charge >= 0.3 is 11.9 Å². The molecule has 1 aliphatic rings. The minimum absolute atomic E-state index is 0.0572. The van der Waals surface area contributed by atoms with Gasteiger partial charge in [-0.25, -0.2) is 0 Å². The molecular weight excluding hydrogens is 236 g/mol. The molecule has 5 nitrogen and oxygen atoms in total. The minimum Gasteiger partial charge on any atom is -0.468 e. The second kappa shape index (κ2) is 6.52. The molecular formula is C13H20O5. The second-order valence-electron chi connectivity index (χ2n) is 4.51. The van der Waals surface area contributed by atoms with E-state index >= 15 is 0 Å². The average molecular weight is 256 g/mol. The first-order valence-corrected chi connectivity index (χ1v) is 6.34. The second-order valence-corrected chi connectivity index (χ2v) is 4.51. The molecule has 1 saturated carbocycles. The quantitative estimate of drug-likeness (QED) is 0.533. The largest absolute Gasteiger partial charge is 0.468 e. The van der Waals surface area contributed by atoms with Gasteiger partial charge in [0.1, 0.15) is 11.2 Å². The van der Waals surface area contributed by atoms with Crippen molar-refractivity contribution >= 4 is 17.7 Å². The molecule has 0 amide bonds. The van der Waals surface area contributed by atoms with E-state index in [9.17, 15) is 14.4 Å². The van der Waals surface area contributed by atoms with E-state index in [1.807, 2.05) is 0 Å². The van der Waals surface area contributed by atoms with Crippen LogP contribution in [0.2, 0.25) is 0 Å². The Kier molecular flexibility index (Phi) is 5.31. The average Bonchev–Trinajstić information content (AvgIpc) is 2.71. The molecule has 0 saturated heterocycles. The SMILES string of the molecule is CCOC(=O)CCC[C@]1(C(=O)OC)CCCC1=O. The van der Waals surface area contributed by atoms with Gasteiger partial charge in [0.25, 0.3) is 0 Å². The van der Waals surface area contributed by atoms with E-state index in [2.05, 4.69) is 0 Å². The number of hydrogen-bond acceptors (Lipinski definition) is 5. The molecule has 0 aromatic heterocycles. The molecule has 0 heterocycles. The standard InChI is InChI=1S/C13H20O5/c1-3-18-11(15)7-5-9-13(12(16)17-2)8-4-6-10(13)14/h3-9H2,1-2H3/t13-/m1/s1. The zero-order valence-corrected chi connectivity index (χ0v) is 11.0. The zero-order valence-electron chi connectivity index (χ0n) is 11.0. The van der Waals surface area contributed by atoms with E-state index in [0.717, 1.165) is 0 Å². The maximum absolute atomic E-state index is 11.9. The first kappa shape index (κ1) is 14.7. The summed E-state index contributed by atoms with van der Waals surface area (Å²) in [6.07, 6.45) is 2.75. The summed E-state index contributed by atoms with van der Waals surface area (Å²) in [7, 11) is 1.29. The third-order valence-corrected chi connectivity index (χ3v) is 3.41. The summed E-state index contributed by atoms with van der Waals surface area (Å²) < 4.78 is 9.55. The van der Waals surface area contributed by atoms with Gasteiger partial charge in [-0.1, -0.05) is 0 Å².